The summed E-state index contributed by atoms with van der Waals surface area (Å²) in [5.74, 6) is 0.940. The summed E-state index contributed by atoms with van der Waals surface area (Å²) in [7, 11) is 0. The van der Waals surface area contributed by atoms with Gasteiger partial charge in [-0.1, -0.05) is 35.3 Å². The molecule has 0 aliphatic carbocycles. The molecule has 96 valence electrons. The summed E-state index contributed by atoms with van der Waals surface area (Å²) in [6, 6.07) is 10.5. The van der Waals surface area contributed by atoms with Crippen molar-refractivity contribution in [3.8, 4) is 0 Å². The van der Waals surface area contributed by atoms with Crippen LogP contribution in [-0.4, -0.2) is 21.5 Å². The van der Waals surface area contributed by atoms with E-state index in [-0.39, 0.29) is 0 Å². The Labute approximate surface area is 111 Å². The number of nitrogens with zero attached hydrogens (tertiary/aromatic N) is 2. The minimum atomic E-state index is 0.726. The zero-order valence-electron chi connectivity index (χ0n) is 10.6. The van der Waals surface area contributed by atoms with Gasteiger partial charge in [0.1, 0.15) is 0 Å². The number of aryl methyl sites for hydroxylation is 1. The number of aromatic nitrogens is 4. The van der Waals surface area contributed by atoms with Gasteiger partial charge in [0, 0.05) is 0 Å². The zero-order valence-corrected chi connectivity index (χ0v) is 10.6. The number of aromatic amines is 2. The third-order valence-electron chi connectivity index (χ3n) is 3.05. The van der Waals surface area contributed by atoms with Crippen LogP contribution in [0, 0.1) is 0 Å². The molecule has 0 radical (unpaired) electrons. The van der Waals surface area contributed by atoms with E-state index in [1.54, 1.807) is 12.7 Å². The van der Waals surface area contributed by atoms with Crippen molar-refractivity contribution >= 4 is 17.0 Å². The molecule has 3 aromatic rings. The number of fused-ring (bicyclic) bond motifs is 1. The topological polar surface area (TPSA) is 67.7 Å². The van der Waals surface area contributed by atoms with Crippen molar-refractivity contribution in [2.24, 2.45) is 0 Å². The Morgan fingerprint density at radius 1 is 1.16 bits per heavy atom. The molecule has 0 aliphatic heterocycles. The second-order valence-electron chi connectivity index (χ2n) is 4.39. The van der Waals surface area contributed by atoms with Gasteiger partial charge in [-0.05, 0) is 18.4 Å². The molecule has 0 saturated heterocycles. The summed E-state index contributed by atoms with van der Waals surface area (Å²) in [4.78, 5) is 14.5. The normalized spacial score (nSPS) is 10.7. The monoisotopic (exact) mass is 254 g/mol. The summed E-state index contributed by atoms with van der Waals surface area (Å²) in [6.07, 6.45) is 5.46. The Hall–Kier alpha value is -2.43. The molecule has 19 heavy (non-hydrogen) atoms. The van der Waals surface area contributed by atoms with Gasteiger partial charge in [-0.15, -0.1) is 0 Å². The van der Waals surface area contributed by atoms with E-state index in [2.05, 4.69) is 49.5 Å². The van der Waals surface area contributed by atoms with Crippen LogP contribution in [0.4, 0.5) is 5.82 Å². The molecule has 2 aromatic heterocycles. The number of imidazole rings is 1. The lowest BCUT2D eigenvalue weighted by molar-refractivity contribution is -0.364. The maximum absolute atomic E-state index is 4.14. The van der Waals surface area contributed by atoms with Crippen molar-refractivity contribution < 1.29 is 4.98 Å². The van der Waals surface area contributed by atoms with Crippen LogP contribution >= 0.6 is 0 Å². The average Bonchev–Trinajstić information content (AvgIpc) is 2.94. The van der Waals surface area contributed by atoms with Gasteiger partial charge in [0.25, 0.3) is 5.65 Å². The largest absolute Gasteiger partial charge is 0.336 e. The first-order valence-corrected chi connectivity index (χ1v) is 6.41. The van der Waals surface area contributed by atoms with Gasteiger partial charge in [-0.25, -0.2) is 9.97 Å². The van der Waals surface area contributed by atoms with Crippen molar-refractivity contribution in [1.82, 2.24) is 15.0 Å². The molecule has 0 spiro atoms. The van der Waals surface area contributed by atoms with E-state index in [0.29, 0.717) is 0 Å². The Kier molecular flexibility index (Phi) is 3.36. The summed E-state index contributed by atoms with van der Waals surface area (Å²) >= 11 is 0. The molecular formula is C14H16N5+. The van der Waals surface area contributed by atoms with E-state index in [9.17, 15) is 0 Å². The Morgan fingerprint density at radius 3 is 2.95 bits per heavy atom. The van der Waals surface area contributed by atoms with Gasteiger partial charge in [0.05, 0.1) is 12.9 Å². The Balaban J connectivity index is 1.57. The summed E-state index contributed by atoms with van der Waals surface area (Å²) in [5.41, 5.74) is 3.02. The predicted octanol–water partition coefficient (Wildman–Crippen LogP) is 1.82. The first-order chi connectivity index (χ1) is 9.43. The van der Waals surface area contributed by atoms with Gasteiger partial charge in [0.2, 0.25) is 12.1 Å². The van der Waals surface area contributed by atoms with Crippen LogP contribution in [0.25, 0.3) is 11.2 Å². The van der Waals surface area contributed by atoms with Crippen molar-refractivity contribution in [1.29, 1.82) is 0 Å². The lowest BCUT2D eigenvalue weighted by Crippen LogP contribution is -2.15. The van der Waals surface area contributed by atoms with Crippen LogP contribution in [0.1, 0.15) is 12.0 Å². The van der Waals surface area contributed by atoms with Crippen LogP contribution in [0.5, 0.6) is 0 Å². The Morgan fingerprint density at radius 2 is 2.05 bits per heavy atom. The molecule has 0 aliphatic rings. The highest BCUT2D eigenvalue weighted by Crippen LogP contribution is 2.11. The predicted molar refractivity (Wildman–Crippen MR) is 73.7 cm³/mol. The highest BCUT2D eigenvalue weighted by molar-refractivity contribution is 5.79. The molecule has 0 fully saturated rings. The van der Waals surface area contributed by atoms with E-state index >= 15 is 0 Å². The third kappa shape index (κ3) is 2.70. The second-order valence-corrected chi connectivity index (χ2v) is 4.39. The van der Waals surface area contributed by atoms with Gasteiger partial charge in [0.15, 0.2) is 5.52 Å². The maximum atomic E-state index is 4.14. The molecule has 5 nitrogen and oxygen atoms in total. The first-order valence-electron chi connectivity index (χ1n) is 6.41. The molecule has 3 rings (SSSR count). The minimum Gasteiger partial charge on any atom is -0.336 e. The lowest BCUT2D eigenvalue weighted by atomic mass is 10.1. The molecule has 0 atom stereocenters. The van der Waals surface area contributed by atoms with Crippen LogP contribution in [0.15, 0.2) is 43.0 Å². The van der Waals surface area contributed by atoms with E-state index in [0.717, 1.165) is 36.4 Å². The van der Waals surface area contributed by atoms with Crippen LogP contribution in [0.3, 0.4) is 0 Å². The zero-order chi connectivity index (χ0) is 12.9. The fourth-order valence-corrected chi connectivity index (χ4v) is 2.09. The number of H-pyrrole nitrogens is 2. The van der Waals surface area contributed by atoms with Crippen LogP contribution in [0.2, 0.25) is 0 Å². The van der Waals surface area contributed by atoms with E-state index in [1.807, 2.05) is 6.07 Å². The van der Waals surface area contributed by atoms with Gasteiger partial charge in [-0.2, -0.15) is 0 Å². The van der Waals surface area contributed by atoms with Gasteiger partial charge >= 0.3 is 0 Å². The average molecular weight is 254 g/mol. The quantitative estimate of drug-likeness (QED) is 0.682. The van der Waals surface area contributed by atoms with E-state index < -0.39 is 0 Å². The highest BCUT2D eigenvalue weighted by Gasteiger charge is 2.09. The van der Waals surface area contributed by atoms with Crippen molar-refractivity contribution in [3.63, 3.8) is 0 Å². The maximum Gasteiger partial charge on any atom is 0.260 e. The van der Waals surface area contributed by atoms with Crippen LogP contribution < -0.4 is 10.3 Å². The SMILES string of the molecule is c1ccc(CCCNc2[nH+]cnc3nc[nH]c23)cc1. The number of hydrogen-bond acceptors (Lipinski definition) is 3. The second kappa shape index (κ2) is 5.48. The van der Waals surface area contributed by atoms with E-state index in [4.69, 9.17) is 0 Å². The molecule has 0 bridgehead atoms. The van der Waals surface area contributed by atoms with Crippen molar-refractivity contribution in [3.05, 3.63) is 48.5 Å². The van der Waals surface area contributed by atoms with Gasteiger partial charge < -0.3 is 10.3 Å². The molecule has 1 aromatic carbocycles. The number of benzene rings is 1. The standard InChI is InChI=1S/C14H15N5/c1-2-5-11(6-3-1)7-4-8-15-13-12-14(17-9-16-12)19-10-18-13/h1-3,5-6,9-10H,4,7-8H2,(H2,15,16,17,18,19)/p+1. The molecule has 0 saturated carbocycles. The number of nitrogens with one attached hydrogen (secondary N) is 3. The Bertz CT molecular complexity index is 647. The molecule has 0 amide bonds. The molecule has 0 unspecified atom stereocenters. The first kappa shape index (κ1) is 11.6. The fraction of sp³-hybridized carbons (Fsp3) is 0.214. The number of rotatable bonds is 5. The van der Waals surface area contributed by atoms with Gasteiger partial charge in [-0.3, -0.25) is 0 Å². The lowest BCUT2D eigenvalue weighted by Gasteiger charge is -2.02. The summed E-state index contributed by atoms with van der Waals surface area (Å²) < 4.78 is 0. The molecule has 3 N–H and O–H groups in total. The minimum absolute atomic E-state index is 0.726. The number of hydrogen-bond donors (Lipinski definition) is 2. The highest BCUT2D eigenvalue weighted by atomic mass is 15.1. The van der Waals surface area contributed by atoms with E-state index in [1.165, 1.54) is 5.56 Å². The van der Waals surface area contributed by atoms with Crippen molar-refractivity contribution in [2.45, 2.75) is 12.8 Å². The summed E-state index contributed by atoms with van der Waals surface area (Å²) in [6.45, 7) is 0.906. The third-order valence-corrected chi connectivity index (χ3v) is 3.05. The summed E-state index contributed by atoms with van der Waals surface area (Å²) in [5, 5.41) is 3.38. The molecular weight excluding hydrogens is 238 g/mol. The van der Waals surface area contributed by atoms with Crippen molar-refractivity contribution in [2.75, 3.05) is 11.9 Å². The molecule has 5 heteroatoms. The smallest absolute Gasteiger partial charge is 0.260 e. The molecule has 2 heterocycles. The van der Waals surface area contributed by atoms with Crippen LogP contribution in [-0.2, 0) is 6.42 Å². The number of anilines is 1. The fourth-order valence-electron chi connectivity index (χ4n) is 2.09.